The second-order valence-corrected chi connectivity index (χ2v) is 7.90. The Balaban J connectivity index is 1.69. The van der Waals surface area contributed by atoms with Crippen LogP contribution in [0.2, 0.25) is 0 Å². The van der Waals surface area contributed by atoms with E-state index in [0.717, 1.165) is 16.1 Å². The zero-order valence-corrected chi connectivity index (χ0v) is 17.9. The molecule has 4 aromatic rings. The number of amides is 2. The third kappa shape index (κ3) is 3.13. The van der Waals surface area contributed by atoms with Gasteiger partial charge in [-0.05, 0) is 55.3 Å². The van der Waals surface area contributed by atoms with Gasteiger partial charge in [-0.25, -0.2) is 4.57 Å². The van der Waals surface area contributed by atoms with Crippen LogP contribution in [0.15, 0.2) is 76.6 Å². The summed E-state index contributed by atoms with van der Waals surface area (Å²) in [5, 5.41) is 16.9. The molecule has 3 aromatic carbocycles. The SMILES string of the molecule is Cc1ccc(-n2c(O)c(C=NN3C(=O)c4ccccc4C3=O)c3ccccc3c2=O)cc1C. The van der Waals surface area contributed by atoms with Crippen LogP contribution in [0.5, 0.6) is 5.88 Å². The fourth-order valence-corrected chi connectivity index (χ4v) is 3.99. The van der Waals surface area contributed by atoms with Crippen LogP contribution in [0, 0.1) is 13.8 Å². The third-order valence-electron chi connectivity index (χ3n) is 5.93. The molecule has 0 radical (unpaired) electrons. The molecule has 1 N–H and O–H groups in total. The highest BCUT2D eigenvalue weighted by Crippen LogP contribution is 2.28. The molecular formula is C26H19N3O4. The molecule has 0 aliphatic carbocycles. The lowest BCUT2D eigenvalue weighted by molar-refractivity contribution is 0.0660. The number of hydrogen-bond donors (Lipinski definition) is 1. The summed E-state index contributed by atoms with van der Waals surface area (Å²) in [5.74, 6) is -1.42. The number of aromatic nitrogens is 1. The number of aromatic hydroxyl groups is 1. The Morgan fingerprint density at radius 1 is 0.788 bits per heavy atom. The maximum Gasteiger partial charge on any atom is 0.282 e. The minimum atomic E-state index is -0.543. The first-order valence-corrected chi connectivity index (χ1v) is 10.3. The van der Waals surface area contributed by atoms with E-state index < -0.39 is 11.8 Å². The van der Waals surface area contributed by atoms with E-state index in [0.29, 0.717) is 16.5 Å². The zero-order valence-electron chi connectivity index (χ0n) is 17.9. The lowest BCUT2D eigenvalue weighted by Gasteiger charge is -2.15. The third-order valence-corrected chi connectivity index (χ3v) is 5.93. The van der Waals surface area contributed by atoms with Crippen LogP contribution in [0.3, 0.4) is 0 Å². The number of hydrazone groups is 1. The Bertz CT molecular complexity index is 1530. The van der Waals surface area contributed by atoms with Crippen molar-refractivity contribution in [3.8, 4) is 11.6 Å². The molecule has 0 atom stereocenters. The lowest BCUT2D eigenvalue weighted by atomic mass is 10.1. The van der Waals surface area contributed by atoms with Gasteiger partial charge in [0.2, 0.25) is 5.88 Å². The minimum Gasteiger partial charge on any atom is -0.494 e. The molecule has 0 saturated carbocycles. The van der Waals surface area contributed by atoms with Crippen LogP contribution in [0.4, 0.5) is 0 Å². The van der Waals surface area contributed by atoms with Crippen LogP contribution in [-0.2, 0) is 0 Å². The molecule has 1 aromatic heterocycles. The van der Waals surface area contributed by atoms with Crippen molar-refractivity contribution in [2.45, 2.75) is 13.8 Å². The lowest BCUT2D eigenvalue weighted by Crippen LogP contribution is -2.24. The maximum atomic E-state index is 13.3. The summed E-state index contributed by atoms with van der Waals surface area (Å²) in [6.45, 7) is 3.88. The molecule has 2 heterocycles. The number of benzene rings is 3. The molecule has 0 unspecified atom stereocenters. The largest absolute Gasteiger partial charge is 0.494 e. The van der Waals surface area contributed by atoms with Crippen LogP contribution in [0.25, 0.3) is 16.5 Å². The predicted molar refractivity (Wildman–Crippen MR) is 125 cm³/mol. The molecule has 5 rings (SSSR count). The van der Waals surface area contributed by atoms with Crippen molar-refractivity contribution < 1.29 is 14.7 Å². The van der Waals surface area contributed by atoms with E-state index in [1.54, 1.807) is 54.6 Å². The topological polar surface area (TPSA) is 92.0 Å². The van der Waals surface area contributed by atoms with Crippen molar-refractivity contribution in [3.05, 3.63) is 105 Å². The minimum absolute atomic E-state index is 0.222. The monoisotopic (exact) mass is 437 g/mol. The predicted octanol–water partition coefficient (Wildman–Crippen LogP) is 3.94. The quantitative estimate of drug-likeness (QED) is 0.388. The Morgan fingerprint density at radius 2 is 1.39 bits per heavy atom. The molecular weight excluding hydrogens is 418 g/mol. The first kappa shape index (κ1) is 20.4. The fourth-order valence-electron chi connectivity index (χ4n) is 3.99. The molecule has 0 spiro atoms. The number of rotatable bonds is 3. The average molecular weight is 437 g/mol. The van der Waals surface area contributed by atoms with Gasteiger partial charge in [0, 0.05) is 10.8 Å². The number of pyridine rings is 1. The standard InChI is InChI=1S/C26H19N3O4/c1-15-11-12-17(13-16(15)2)28-23(30)19-8-4-3-7-18(19)22(24(28)31)14-27-29-25(32)20-9-5-6-10-21(20)26(29)33/h3-14,31H,1-2H3. The van der Waals surface area contributed by atoms with Gasteiger partial charge in [-0.1, -0.05) is 36.4 Å². The molecule has 7 nitrogen and oxygen atoms in total. The van der Waals surface area contributed by atoms with Gasteiger partial charge in [-0.15, -0.1) is 0 Å². The summed E-state index contributed by atoms with van der Waals surface area (Å²) in [5.41, 5.74) is 2.90. The number of carbonyl (C=O) groups is 2. The van der Waals surface area contributed by atoms with Gasteiger partial charge < -0.3 is 5.11 Å². The summed E-state index contributed by atoms with van der Waals surface area (Å²) in [6.07, 6.45) is 1.25. The van der Waals surface area contributed by atoms with Gasteiger partial charge in [0.15, 0.2) is 0 Å². The van der Waals surface area contributed by atoms with E-state index in [9.17, 15) is 19.5 Å². The van der Waals surface area contributed by atoms with Gasteiger partial charge in [-0.3, -0.25) is 14.4 Å². The van der Waals surface area contributed by atoms with Gasteiger partial charge in [0.25, 0.3) is 17.4 Å². The smallest absolute Gasteiger partial charge is 0.282 e. The van der Waals surface area contributed by atoms with Crippen molar-refractivity contribution in [1.29, 1.82) is 0 Å². The highest BCUT2D eigenvalue weighted by atomic mass is 16.3. The first-order chi connectivity index (χ1) is 15.9. The summed E-state index contributed by atoms with van der Waals surface area (Å²) >= 11 is 0. The Labute approximate surface area is 188 Å². The van der Waals surface area contributed by atoms with Gasteiger partial charge in [0.1, 0.15) is 0 Å². The molecule has 2 amide bonds. The molecule has 1 aliphatic heterocycles. The van der Waals surface area contributed by atoms with Crippen molar-refractivity contribution in [3.63, 3.8) is 0 Å². The summed E-state index contributed by atoms with van der Waals surface area (Å²) in [7, 11) is 0. The van der Waals surface area contributed by atoms with Gasteiger partial charge in [-0.2, -0.15) is 10.1 Å². The normalized spacial score (nSPS) is 13.3. The molecule has 162 valence electrons. The molecule has 0 bridgehead atoms. The number of fused-ring (bicyclic) bond motifs is 2. The fraction of sp³-hybridized carbons (Fsp3) is 0.0769. The van der Waals surface area contributed by atoms with Gasteiger partial charge in [0.05, 0.1) is 28.6 Å². The zero-order chi connectivity index (χ0) is 23.3. The first-order valence-electron chi connectivity index (χ1n) is 10.3. The van der Waals surface area contributed by atoms with E-state index in [1.807, 2.05) is 26.0 Å². The van der Waals surface area contributed by atoms with Crippen LogP contribution in [-0.4, -0.2) is 32.7 Å². The Morgan fingerprint density at radius 3 is 2.03 bits per heavy atom. The van der Waals surface area contributed by atoms with Crippen molar-refractivity contribution in [1.82, 2.24) is 9.58 Å². The Kier molecular flexibility index (Phi) is 4.67. The maximum absolute atomic E-state index is 13.3. The molecule has 1 aliphatic rings. The van der Waals surface area contributed by atoms with Crippen molar-refractivity contribution >= 4 is 28.8 Å². The van der Waals surface area contributed by atoms with Crippen LogP contribution < -0.4 is 5.56 Å². The van der Waals surface area contributed by atoms with E-state index >= 15 is 0 Å². The number of carbonyl (C=O) groups excluding carboxylic acids is 2. The number of hydrogen-bond acceptors (Lipinski definition) is 5. The van der Waals surface area contributed by atoms with Crippen molar-refractivity contribution in [2.75, 3.05) is 0 Å². The second kappa shape index (κ2) is 7.56. The van der Waals surface area contributed by atoms with Crippen molar-refractivity contribution in [2.24, 2.45) is 5.10 Å². The average Bonchev–Trinajstić information content (AvgIpc) is 3.06. The summed E-state index contributed by atoms with van der Waals surface area (Å²) < 4.78 is 1.21. The molecule has 0 saturated heterocycles. The summed E-state index contributed by atoms with van der Waals surface area (Å²) in [6, 6.07) is 18.7. The number of aryl methyl sites for hydroxylation is 2. The second-order valence-electron chi connectivity index (χ2n) is 7.90. The van der Waals surface area contributed by atoms with Crippen LogP contribution >= 0.6 is 0 Å². The summed E-state index contributed by atoms with van der Waals surface area (Å²) in [4.78, 5) is 38.6. The van der Waals surface area contributed by atoms with E-state index in [-0.39, 0.29) is 28.1 Å². The molecule has 7 heteroatoms. The highest BCUT2D eigenvalue weighted by Gasteiger charge is 2.35. The van der Waals surface area contributed by atoms with E-state index in [2.05, 4.69) is 5.10 Å². The number of nitrogens with zero attached hydrogens (tertiary/aromatic N) is 3. The highest BCUT2D eigenvalue weighted by molar-refractivity contribution is 6.21. The molecule has 0 fully saturated rings. The van der Waals surface area contributed by atoms with Gasteiger partial charge >= 0.3 is 0 Å². The molecule has 33 heavy (non-hydrogen) atoms. The van der Waals surface area contributed by atoms with Crippen LogP contribution in [0.1, 0.15) is 37.4 Å². The van der Waals surface area contributed by atoms with E-state index in [4.69, 9.17) is 0 Å². The van der Waals surface area contributed by atoms with E-state index in [1.165, 1.54) is 10.8 Å². The Hall–Kier alpha value is -4.52. The number of imide groups is 1.